The number of rotatable bonds is 1. The van der Waals surface area contributed by atoms with E-state index in [-0.39, 0.29) is 6.04 Å². The van der Waals surface area contributed by atoms with Crippen LogP contribution in [0, 0.1) is 0 Å². The molecule has 1 aromatic carbocycles. The number of hydrogen-bond acceptors (Lipinski definition) is 3. The van der Waals surface area contributed by atoms with E-state index in [1.54, 1.807) is 6.07 Å². The highest BCUT2D eigenvalue weighted by Crippen LogP contribution is 2.28. The number of phenolic OH excluding ortho intramolecular Hbond substituents is 1. The van der Waals surface area contributed by atoms with Crippen molar-refractivity contribution in [1.29, 1.82) is 0 Å². The largest absolute Gasteiger partial charge is 0.506 e. The second kappa shape index (κ2) is 4.53. The van der Waals surface area contributed by atoms with Crippen LogP contribution in [-0.2, 0) is 0 Å². The van der Waals surface area contributed by atoms with Crippen LogP contribution in [0.1, 0.15) is 19.3 Å². The molecule has 0 aromatic heterocycles. The number of phenols is 1. The van der Waals surface area contributed by atoms with Crippen molar-refractivity contribution in [2.24, 2.45) is 5.73 Å². The Morgan fingerprint density at radius 1 is 1.27 bits per heavy atom. The van der Waals surface area contributed by atoms with E-state index >= 15 is 0 Å². The number of anilines is 1. The van der Waals surface area contributed by atoms with Gasteiger partial charge in [-0.1, -0.05) is 18.6 Å². The molecule has 0 amide bonds. The average Bonchev–Trinajstić information content (AvgIpc) is 2.43. The molecule has 15 heavy (non-hydrogen) atoms. The Labute approximate surface area is 90.5 Å². The van der Waals surface area contributed by atoms with Gasteiger partial charge in [0.25, 0.3) is 0 Å². The summed E-state index contributed by atoms with van der Waals surface area (Å²) in [5, 5.41) is 9.76. The van der Waals surface area contributed by atoms with Gasteiger partial charge in [0.1, 0.15) is 5.75 Å². The van der Waals surface area contributed by atoms with Crippen molar-refractivity contribution in [3.05, 3.63) is 24.3 Å². The first-order chi connectivity index (χ1) is 7.27. The lowest BCUT2D eigenvalue weighted by Crippen LogP contribution is -2.35. The van der Waals surface area contributed by atoms with E-state index in [9.17, 15) is 5.11 Å². The molecule has 1 aliphatic heterocycles. The molecule has 82 valence electrons. The van der Waals surface area contributed by atoms with Crippen molar-refractivity contribution < 1.29 is 5.11 Å². The summed E-state index contributed by atoms with van der Waals surface area (Å²) in [4.78, 5) is 2.19. The molecule has 0 aliphatic carbocycles. The highest BCUT2D eigenvalue weighted by atomic mass is 16.3. The first-order valence-electron chi connectivity index (χ1n) is 5.56. The van der Waals surface area contributed by atoms with Gasteiger partial charge in [0.2, 0.25) is 0 Å². The minimum Gasteiger partial charge on any atom is -0.506 e. The summed E-state index contributed by atoms with van der Waals surface area (Å²) < 4.78 is 0. The van der Waals surface area contributed by atoms with Gasteiger partial charge in [-0.3, -0.25) is 0 Å². The third-order valence-electron chi connectivity index (χ3n) is 2.93. The molecule has 3 heteroatoms. The van der Waals surface area contributed by atoms with Crippen LogP contribution in [0.5, 0.6) is 5.75 Å². The number of nitrogens with two attached hydrogens (primary N) is 1. The maximum atomic E-state index is 9.76. The molecule has 0 bridgehead atoms. The van der Waals surface area contributed by atoms with Gasteiger partial charge in [-0.2, -0.15) is 0 Å². The van der Waals surface area contributed by atoms with E-state index in [4.69, 9.17) is 5.73 Å². The van der Waals surface area contributed by atoms with Gasteiger partial charge >= 0.3 is 0 Å². The van der Waals surface area contributed by atoms with Crippen LogP contribution in [0.4, 0.5) is 5.69 Å². The predicted molar refractivity (Wildman–Crippen MR) is 62.1 cm³/mol. The van der Waals surface area contributed by atoms with Crippen LogP contribution >= 0.6 is 0 Å². The maximum absolute atomic E-state index is 9.76. The quantitative estimate of drug-likeness (QED) is 0.735. The number of nitrogens with zero attached hydrogens (tertiary/aromatic N) is 1. The first kappa shape index (κ1) is 10.3. The third-order valence-corrected chi connectivity index (χ3v) is 2.93. The molecule has 0 saturated carbocycles. The van der Waals surface area contributed by atoms with Gasteiger partial charge in [-0.15, -0.1) is 0 Å². The van der Waals surface area contributed by atoms with Crippen LogP contribution in [0.2, 0.25) is 0 Å². The van der Waals surface area contributed by atoms with Crippen molar-refractivity contribution in [2.45, 2.75) is 25.3 Å². The SMILES string of the molecule is NC1CCCCN(c2ccccc2O)C1. The third kappa shape index (κ3) is 2.42. The first-order valence-corrected chi connectivity index (χ1v) is 5.56. The second-order valence-corrected chi connectivity index (χ2v) is 4.19. The Bertz CT molecular complexity index is 327. The summed E-state index contributed by atoms with van der Waals surface area (Å²) in [5.74, 6) is 0.353. The zero-order chi connectivity index (χ0) is 10.7. The number of aromatic hydroxyl groups is 1. The molecular formula is C12H18N2O. The molecule has 1 fully saturated rings. The fourth-order valence-electron chi connectivity index (χ4n) is 2.13. The van der Waals surface area contributed by atoms with Crippen molar-refractivity contribution in [2.75, 3.05) is 18.0 Å². The van der Waals surface area contributed by atoms with Crippen LogP contribution < -0.4 is 10.6 Å². The van der Waals surface area contributed by atoms with E-state index in [1.807, 2.05) is 18.2 Å². The van der Waals surface area contributed by atoms with E-state index in [0.29, 0.717) is 5.75 Å². The zero-order valence-electron chi connectivity index (χ0n) is 8.89. The molecule has 1 saturated heterocycles. The summed E-state index contributed by atoms with van der Waals surface area (Å²) in [6, 6.07) is 7.70. The van der Waals surface area contributed by atoms with Gasteiger partial charge in [0.05, 0.1) is 5.69 Å². The molecule has 1 heterocycles. The Balaban J connectivity index is 2.18. The minimum atomic E-state index is 0.229. The molecular weight excluding hydrogens is 188 g/mol. The highest BCUT2D eigenvalue weighted by Gasteiger charge is 2.17. The summed E-state index contributed by atoms with van der Waals surface area (Å²) in [6.45, 7) is 1.84. The summed E-state index contributed by atoms with van der Waals surface area (Å²) in [5.41, 5.74) is 6.90. The number of para-hydroxylation sites is 2. The van der Waals surface area contributed by atoms with Crippen LogP contribution in [-0.4, -0.2) is 24.2 Å². The minimum absolute atomic E-state index is 0.229. The Kier molecular flexibility index (Phi) is 3.11. The smallest absolute Gasteiger partial charge is 0.138 e. The highest BCUT2D eigenvalue weighted by molar-refractivity contribution is 5.57. The van der Waals surface area contributed by atoms with E-state index < -0.39 is 0 Å². The van der Waals surface area contributed by atoms with E-state index in [0.717, 1.165) is 31.6 Å². The molecule has 2 rings (SSSR count). The fraction of sp³-hybridized carbons (Fsp3) is 0.500. The monoisotopic (exact) mass is 206 g/mol. The lowest BCUT2D eigenvalue weighted by molar-refractivity contribution is 0.473. The molecule has 0 radical (unpaired) electrons. The molecule has 1 aromatic rings. The lowest BCUT2D eigenvalue weighted by Gasteiger charge is -2.25. The van der Waals surface area contributed by atoms with Gasteiger partial charge in [0.15, 0.2) is 0 Å². The second-order valence-electron chi connectivity index (χ2n) is 4.19. The fourth-order valence-corrected chi connectivity index (χ4v) is 2.13. The molecule has 0 spiro atoms. The van der Waals surface area contributed by atoms with Crippen LogP contribution in [0.15, 0.2) is 24.3 Å². The summed E-state index contributed by atoms with van der Waals surface area (Å²) in [6.07, 6.45) is 3.43. The maximum Gasteiger partial charge on any atom is 0.138 e. The van der Waals surface area contributed by atoms with Crippen molar-refractivity contribution in [3.8, 4) is 5.75 Å². The van der Waals surface area contributed by atoms with Crippen molar-refractivity contribution >= 4 is 5.69 Å². The Hall–Kier alpha value is -1.22. The summed E-state index contributed by atoms with van der Waals surface area (Å²) in [7, 11) is 0. The summed E-state index contributed by atoms with van der Waals surface area (Å²) >= 11 is 0. The Morgan fingerprint density at radius 3 is 2.87 bits per heavy atom. The topological polar surface area (TPSA) is 49.5 Å². The zero-order valence-corrected chi connectivity index (χ0v) is 8.89. The van der Waals surface area contributed by atoms with Crippen LogP contribution in [0.25, 0.3) is 0 Å². The van der Waals surface area contributed by atoms with Gasteiger partial charge in [-0.25, -0.2) is 0 Å². The van der Waals surface area contributed by atoms with Gasteiger partial charge in [-0.05, 0) is 25.0 Å². The molecule has 1 unspecified atom stereocenters. The van der Waals surface area contributed by atoms with E-state index in [1.165, 1.54) is 6.42 Å². The molecule has 1 aliphatic rings. The standard InChI is InChI=1S/C12H18N2O/c13-10-5-3-4-8-14(9-10)11-6-1-2-7-12(11)15/h1-2,6-7,10,15H,3-5,8-9,13H2. The Morgan fingerprint density at radius 2 is 2.07 bits per heavy atom. The molecule has 3 N–H and O–H groups in total. The normalized spacial score (nSPS) is 22.5. The van der Waals surface area contributed by atoms with Gasteiger partial charge in [0, 0.05) is 19.1 Å². The lowest BCUT2D eigenvalue weighted by atomic mass is 10.1. The average molecular weight is 206 g/mol. The van der Waals surface area contributed by atoms with E-state index in [2.05, 4.69) is 4.90 Å². The number of hydrogen-bond donors (Lipinski definition) is 2. The molecule has 3 nitrogen and oxygen atoms in total. The predicted octanol–water partition coefficient (Wildman–Crippen LogP) is 1.71. The van der Waals surface area contributed by atoms with Crippen molar-refractivity contribution in [3.63, 3.8) is 0 Å². The molecule has 1 atom stereocenters. The van der Waals surface area contributed by atoms with Gasteiger partial charge < -0.3 is 15.7 Å². The number of benzene rings is 1. The van der Waals surface area contributed by atoms with Crippen molar-refractivity contribution in [1.82, 2.24) is 0 Å². The van der Waals surface area contributed by atoms with Crippen LogP contribution in [0.3, 0.4) is 0 Å².